The van der Waals surface area contributed by atoms with Gasteiger partial charge in [-0.05, 0) is 82.0 Å². The molecule has 0 saturated heterocycles. The number of rotatable bonds is 20. The SMILES string of the molecule is C=C(CC(C)OCC(=N)[C@@H](COCCCC(C)(C)SSC)Oc1cc2c(cc1OC)C(=O)N1c3ccccc3CC1CN2)NCC1Cc2ccccc2N1. The van der Waals surface area contributed by atoms with Crippen LogP contribution in [0.2, 0.25) is 0 Å². The lowest BCUT2D eigenvalue weighted by Gasteiger charge is -2.25. The van der Waals surface area contributed by atoms with E-state index in [2.05, 4.69) is 73.0 Å². The summed E-state index contributed by atoms with van der Waals surface area (Å²) in [5.41, 5.74) is 7.00. The predicted octanol–water partition coefficient (Wildman–Crippen LogP) is 7.98. The third-order valence-electron chi connectivity index (χ3n) is 10.2. The molecule has 0 radical (unpaired) electrons. The third kappa shape index (κ3) is 9.87. The van der Waals surface area contributed by atoms with Crippen molar-refractivity contribution in [1.82, 2.24) is 5.32 Å². The number of hydrogen-bond acceptors (Lipinski definition) is 11. The second-order valence-electron chi connectivity index (χ2n) is 14.9. The number of methoxy groups -OCH3 is 1. The summed E-state index contributed by atoms with van der Waals surface area (Å²) in [5, 5.41) is 19.6. The first kappa shape index (κ1) is 39.8. The highest BCUT2D eigenvalue weighted by Crippen LogP contribution is 2.41. The van der Waals surface area contributed by atoms with Gasteiger partial charge in [0.05, 0.1) is 49.4 Å². The van der Waals surface area contributed by atoms with Gasteiger partial charge >= 0.3 is 0 Å². The summed E-state index contributed by atoms with van der Waals surface area (Å²) < 4.78 is 24.8. The summed E-state index contributed by atoms with van der Waals surface area (Å²) in [4.78, 5) is 15.9. The summed E-state index contributed by atoms with van der Waals surface area (Å²) >= 11 is 0. The van der Waals surface area contributed by atoms with Crippen LogP contribution in [0.25, 0.3) is 0 Å². The molecule has 12 heteroatoms. The van der Waals surface area contributed by atoms with Gasteiger partial charge in [0.1, 0.15) is 0 Å². The van der Waals surface area contributed by atoms with Crippen molar-refractivity contribution in [2.75, 3.05) is 61.8 Å². The summed E-state index contributed by atoms with van der Waals surface area (Å²) in [6, 6.07) is 20.4. The molecular formula is C42H55N5O5S2. The maximum absolute atomic E-state index is 14.0. The number of hydrogen-bond donors (Lipinski definition) is 4. The van der Waals surface area contributed by atoms with Crippen molar-refractivity contribution >= 4 is 50.3 Å². The molecule has 0 saturated carbocycles. The van der Waals surface area contributed by atoms with Gasteiger partial charge in [0, 0.05) is 60.0 Å². The highest BCUT2D eigenvalue weighted by atomic mass is 33.1. The van der Waals surface area contributed by atoms with Gasteiger partial charge in [-0.25, -0.2) is 0 Å². The molecule has 0 spiro atoms. The van der Waals surface area contributed by atoms with E-state index in [4.69, 9.17) is 24.4 Å². The number of para-hydroxylation sites is 2. The normalized spacial score (nSPS) is 18.2. The molecule has 54 heavy (non-hydrogen) atoms. The van der Waals surface area contributed by atoms with E-state index in [0.29, 0.717) is 48.4 Å². The zero-order valence-electron chi connectivity index (χ0n) is 32.2. The standard InChI is InChI=1S/C42H55N5O5S2/c1-27(44-23-31-19-29-12-7-9-14-35(29)46-31)18-28(2)51-25-34(43)40(26-50-17-11-16-42(3,4)54-53-6)52-39-22-36-33(21-38(39)49-5)41(48)47-32(24-45-36)20-30-13-8-10-15-37(30)47/h7-10,12-15,21-22,28,31-32,40,43-46H,1,11,16-20,23-26H2,2-6H3/t28?,31?,32?,40-/m1/s1. The van der Waals surface area contributed by atoms with Crippen LogP contribution >= 0.6 is 21.6 Å². The lowest BCUT2D eigenvalue weighted by molar-refractivity contribution is 0.0607. The molecule has 3 aromatic carbocycles. The Balaban J connectivity index is 1.08. The molecule has 290 valence electrons. The number of fused-ring (bicyclic) bond motifs is 5. The largest absolute Gasteiger partial charge is 0.493 e. The Bertz CT molecular complexity index is 1780. The van der Waals surface area contributed by atoms with Crippen LogP contribution in [0.15, 0.2) is 72.9 Å². The maximum Gasteiger partial charge on any atom is 0.260 e. The van der Waals surface area contributed by atoms with E-state index in [0.717, 1.165) is 43.6 Å². The van der Waals surface area contributed by atoms with Gasteiger partial charge in [-0.2, -0.15) is 0 Å². The summed E-state index contributed by atoms with van der Waals surface area (Å²) in [5.74, 6) is 0.774. The van der Waals surface area contributed by atoms with Crippen molar-refractivity contribution in [2.45, 2.75) is 81.9 Å². The molecule has 3 unspecified atom stereocenters. The first-order valence-electron chi connectivity index (χ1n) is 18.8. The average molecular weight is 774 g/mol. The first-order valence-corrected chi connectivity index (χ1v) is 21.4. The van der Waals surface area contributed by atoms with Gasteiger partial charge in [-0.3, -0.25) is 4.79 Å². The number of nitrogens with one attached hydrogen (secondary N) is 4. The number of nitrogens with zero attached hydrogens (tertiary/aromatic N) is 1. The second-order valence-corrected chi connectivity index (χ2v) is 18.0. The Hall–Kier alpha value is -3.84. The molecule has 0 fully saturated rings. The molecule has 3 aromatic rings. The highest BCUT2D eigenvalue weighted by Gasteiger charge is 2.38. The van der Waals surface area contributed by atoms with E-state index < -0.39 is 6.10 Å². The number of carbonyl (C=O) groups is 1. The van der Waals surface area contributed by atoms with Gasteiger partial charge in [0.15, 0.2) is 17.6 Å². The lowest BCUT2D eigenvalue weighted by atomic mass is 10.1. The molecule has 3 aliphatic heterocycles. The van der Waals surface area contributed by atoms with Crippen molar-refractivity contribution < 1.29 is 23.7 Å². The van der Waals surface area contributed by atoms with E-state index in [1.54, 1.807) is 24.0 Å². The van der Waals surface area contributed by atoms with Gasteiger partial charge in [-0.15, -0.1) is 0 Å². The van der Waals surface area contributed by atoms with Crippen LogP contribution in [0.5, 0.6) is 11.5 Å². The van der Waals surface area contributed by atoms with Crippen molar-refractivity contribution in [1.29, 1.82) is 5.41 Å². The van der Waals surface area contributed by atoms with Crippen molar-refractivity contribution in [3.63, 3.8) is 0 Å². The zero-order valence-corrected chi connectivity index (χ0v) is 33.8. The van der Waals surface area contributed by atoms with Crippen LogP contribution in [0.1, 0.15) is 61.5 Å². The molecule has 4 atom stereocenters. The molecule has 0 aromatic heterocycles. The van der Waals surface area contributed by atoms with Crippen LogP contribution in [-0.2, 0) is 22.3 Å². The fraction of sp³-hybridized carbons (Fsp3) is 0.476. The number of ether oxygens (including phenoxy) is 4. The molecule has 3 heterocycles. The summed E-state index contributed by atoms with van der Waals surface area (Å²) in [6.07, 6.45) is 5.47. The van der Waals surface area contributed by atoms with E-state index in [-0.39, 0.29) is 41.7 Å². The van der Waals surface area contributed by atoms with Crippen molar-refractivity contribution in [3.05, 3.63) is 89.6 Å². The number of amides is 1. The quantitative estimate of drug-likeness (QED) is 0.0512. The second kappa shape index (κ2) is 18.2. The van der Waals surface area contributed by atoms with Crippen LogP contribution in [-0.4, -0.2) is 86.9 Å². The highest BCUT2D eigenvalue weighted by molar-refractivity contribution is 8.76. The number of anilines is 3. The molecule has 0 aliphatic carbocycles. The molecule has 6 rings (SSSR count). The van der Waals surface area contributed by atoms with Gasteiger partial charge in [0.25, 0.3) is 5.91 Å². The maximum atomic E-state index is 14.0. The fourth-order valence-corrected chi connectivity index (χ4v) is 9.66. The zero-order chi connectivity index (χ0) is 38.2. The average Bonchev–Trinajstić information content (AvgIpc) is 3.72. The molecular weight excluding hydrogens is 719 g/mol. The van der Waals surface area contributed by atoms with Crippen LogP contribution in [0.4, 0.5) is 17.1 Å². The van der Waals surface area contributed by atoms with E-state index in [1.807, 2.05) is 46.9 Å². The van der Waals surface area contributed by atoms with Crippen molar-refractivity contribution in [2.24, 2.45) is 0 Å². The minimum Gasteiger partial charge on any atom is -0.493 e. The number of benzene rings is 3. The minimum atomic E-state index is -0.731. The Morgan fingerprint density at radius 3 is 2.65 bits per heavy atom. The Morgan fingerprint density at radius 2 is 1.87 bits per heavy atom. The number of carbonyl (C=O) groups excluding carboxylic acids is 1. The topological polar surface area (TPSA) is 117 Å². The molecule has 0 bridgehead atoms. The Kier molecular flexibility index (Phi) is 13.4. The first-order chi connectivity index (χ1) is 26.0. The Labute approximate surface area is 328 Å². The van der Waals surface area contributed by atoms with Gasteiger partial charge in [0.2, 0.25) is 0 Å². The monoisotopic (exact) mass is 773 g/mol. The van der Waals surface area contributed by atoms with E-state index >= 15 is 0 Å². The molecule has 10 nitrogen and oxygen atoms in total. The Morgan fingerprint density at radius 1 is 1.09 bits per heavy atom. The predicted molar refractivity (Wildman–Crippen MR) is 224 cm³/mol. The lowest BCUT2D eigenvalue weighted by Crippen LogP contribution is -2.39. The summed E-state index contributed by atoms with van der Waals surface area (Å²) in [6.45, 7) is 12.9. The molecule has 4 N–H and O–H groups in total. The van der Waals surface area contributed by atoms with E-state index in [9.17, 15) is 4.79 Å². The fourth-order valence-electron chi connectivity index (χ4n) is 7.38. The smallest absolute Gasteiger partial charge is 0.260 e. The van der Waals surface area contributed by atoms with Crippen LogP contribution in [0, 0.1) is 5.41 Å². The molecule has 3 aliphatic rings. The van der Waals surface area contributed by atoms with Crippen molar-refractivity contribution in [3.8, 4) is 11.5 Å². The molecule has 1 amide bonds. The minimum absolute atomic E-state index is 0.00761. The summed E-state index contributed by atoms with van der Waals surface area (Å²) in [7, 11) is 5.21. The van der Waals surface area contributed by atoms with Gasteiger partial charge in [-0.1, -0.05) is 64.6 Å². The van der Waals surface area contributed by atoms with Crippen LogP contribution in [0.3, 0.4) is 0 Å². The van der Waals surface area contributed by atoms with Gasteiger partial charge < -0.3 is 45.2 Å². The van der Waals surface area contributed by atoms with Crippen LogP contribution < -0.4 is 30.3 Å². The van der Waals surface area contributed by atoms with E-state index in [1.165, 1.54) is 16.8 Å². The third-order valence-corrected chi connectivity index (χ3v) is 12.8.